The van der Waals surface area contributed by atoms with Crippen LogP contribution < -0.4 is 10.9 Å². The molecule has 0 aliphatic rings. The van der Waals surface area contributed by atoms with E-state index in [1.807, 2.05) is 0 Å². The summed E-state index contributed by atoms with van der Waals surface area (Å²) >= 11 is 3.19. The molecule has 0 spiro atoms. The molecule has 7 nitrogen and oxygen atoms in total. The van der Waals surface area contributed by atoms with Crippen LogP contribution in [0.15, 0.2) is 64.3 Å². The van der Waals surface area contributed by atoms with E-state index in [4.69, 9.17) is 0 Å². The van der Waals surface area contributed by atoms with Crippen LogP contribution >= 0.6 is 15.9 Å². The molecule has 1 amide bonds. The van der Waals surface area contributed by atoms with Gasteiger partial charge in [0.15, 0.2) is 5.65 Å². The number of amides is 1. The number of aromatic amines is 1. The van der Waals surface area contributed by atoms with Crippen LogP contribution in [0.5, 0.6) is 0 Å². The van der Waals surface area contributed by atoms with Gasteiger partial charge in [0.2, 0.25) is 0 Å². The molecule has 0 aliphatic heterocycles. The van der Waals surface area contributed by atoms with Gasteiger partial charge < -0.3 is 10.3 Å². The molecule has 4 rings (SSSR count). The smallest absolute Gasteiger partial charge is 0.261 e. The van der Waals surface area contributed by atoms with Crippen LogP contribution in [-0.4, -0.2) is 25.7 Å². The molecule has 2 aromatic carbocycles. The van der Waals surface area contributed by atoms with Crippen LogP contribution in [0.3, 0.4) is 0 Å². The van der Waals surface area contributed by atoms with Crippen LogP contribution in [0.2, 0.25) is 0 Å². The number of fused-ring (bicyclic) bond motifs is 1. The van der Waals surface area contributed by atoms with Crippen molar-refractivity contribution in [2.75, 3.05) is 5.32 Å². The normalized spacial score (nSPS) is 10.9. The Kier molecular flexibility index (Phi) is 4.28. The predicted molar refractivity (Wildman–Crippen MR) is 102 cm³/mol. The number of nitrogens with one attached hydrogen (secondary N) is 2. The molecule has 0 radical (unpaired) electrons. The number of aromatic nitrogens is 4. The minimum Gasteiger partial charge on any atom is -0.320 e. The largest absolute Gasteiger partial charge is 0.320 e. The van der Waals surface area contributed by atoms with Crippen molar-refractivity contribution in [2.45, 2.75) is 0 Å². The van der Waals surface area contributed by atoms with Crippen LogP contribution in [0.25, 0.3) is 16.7 Å². The van der Waals surface area contributed by atoms with Gasteiger partial charge in [-0.2, -0.15) is 5.10 Å². The van der Waals surface area contributed by atoms with Crippen LogP contribution in [0, 0.1) is 5.82 Å². The molecule has 27 heavy (non-hydrogen) atoms. The van der Waals surface area contributed by atoms with Gasteiger partial charge in [-0.1, -0.05) is 12.1 Å². The first-order valence-electron chi connectivity index (χ1n) is 7.82. The zero-order valence-electron chi connectivity index (χ0n) is 13.6. The molecule has 0 bridgehead atoms. The van der Waals surface area contributed by atoms with Gasteiger partial charge in [-0.25, -0.2) is 14.1 Å². The lowest BCUT2D eigenvalue weighted by Gasteiger charge is -2.12. The number of hydrogen-bond donors (Lipinski definition) is 2. The van der Waals surface area contributed by atoms with Gasteiger partial charge in [-0.15, -0.1) is 0 Å². The summed E-state index contributed by atoms with van der Waals surface area (Å²) in [6.07, 6.45) is 2.70. The average molecular weight is 428 g/mol. The van der Waals surface area contributed by atoms with E-state index < -0.39 is 11.7 Å². The maximum atomic E-state index is 13.3. The van der Waals surface area contributed by atoms with Crippen molar-refractivity contribution in [1.82, 2.24) is 19.7 Å². The van der Waals surface area contributed by atoms with Gasteiger partial charge in [0.1, 0.15) is 11.2 Å². The molecule has 0 fully saturated rings. The molecule has 0 atom stereocenters. The summed E-state index contributed by atoms with van der Waals surface area (Å²) in [5.41, 5.74) is 1.35. The fraction of sp³-hybridized carbons (Fsp3) is 0. The van der Waals surface area contributed by atoms with Crippen molar-refractivity contribution in [3.05, 3.63) is 81.2 Å². The minimum absolute atomic E-state index is 0.283. The van der Waals surface area contributed by atoms with E-state index >= 15 is 0 Å². The number of nitrogens with zero attached hydrogens (tertiary/aromatic N) is 3. The third-order valence-electron chi connectivity index (χ3n) is 3.93. The Morgan fingerprint density at radius 2 is 2.04 bits per heavy atom. The third-order valence-corrected chi connectivity index (χ3v) is 4.58. The van der Waals surface area contributed by atoms with Crippen molar-refractivity contribution in [3.8, 4) is 5.69 Å². The second-order valence-electron chi connectivity index (χ2n) is 5.62. The quantitative estimate of drug-likeness (QED) is 0.524. The molecule has 4 aromatic rings. The Morgan fingerprint density at radius 3 is 2.85 bits per heavy atom. The van der Waals surface area contributed by atoms with Crippen LogP contribution in [0.4, 0.5) is 10.1 Å². The standard InChI is InChI=1S/C18H11BrFN5O2/c19-13-7-10(20)5-6-11(13)18(27)24-14-3-1-2-4-15(14)25-16-12(8-23-25)17(26)22-9-21-16/h1-9H,(H,24,27)(H,21,22,26). The van der Waals surface area contributed by atoms with E-state index in [0.29, 0.717) is 26.9 Å². The molecule has 0 saturated carbocycles. The fourth-order valence-electron chi connectivity index (χ4n) is 2.66. The summed E-state index contributed by atoms with van der Waals surface area (Å²) in [6.45, 7) is 0. The maximum Gasteiger partial charge on any atom is 0.261 e. The average Bonchev–Trinajstić information content (AvgIpc) is 3.07. The lowest BCUT2D eigenvalue weighted by molar-refractivity contribution is 0.102. The zero-order chi connectivity index (χ0) is 19.0. The van der Waals surface area contributed by atoms with E-state index in [1.165, 1.54) is 35.4 Å². The van der Waals surface area contributed by atoms with Gasteiger partial charge >= 0.3 is 0 Å². The number of carbonyl (C=O) groups is 1. The number of rotatable bonds is 3. The van der Waals surface area contributed by atoms with Gasteiger partial charge in [0.05, 0.1) is 29.5 Å². The van der Waals surface area contributed by atoms with E-state index in [-0.39, 0.29) is 11.1 Å². The summed E-state index contributed by atoms with van der Waals surface area (Å²) in [5.74, 6) is -0.866. The molecule has 0 saturated heterocycles. The Bertz CT molecular complexity index is 1230. The lowest BCUT2D eigenvalue weighted by atomic mass is 10.2. The number of halogens is 2. The van der Waals surface area contributed by atoms with E-state index in [0.717, 1.165) is 0 Å². The SMILES string of the molecule is O=C(Nc1ccccc1-n1ncc2c(=O)[nH]cnc21)c1ccc(F)cc1Br. The second-order valence-corrected chi connectivity index (χ2v) is 6.48. The van der Waals surface area contributed by atoms with Crippen molar-refractivity contribution in [3.63, 3.8) is 0 Å². The number of hydrogen-bond acceptors (Lipinski definition) is 4. The molecular formula is C18H11BrFN5O2. The molecule has 2 N–H and O–H groups in total. The highest BCUT2D eigenvalue weighted by atomic mass is 79.9. The van der Waals surface area contributed by atoms with Crippen molar-refractivity contribution < 1.29 is 9.18 Å². The number of anilines is 1. The molecule has 0 unspecified atom stereocenters. The summed E-state index contributed by atoms with van der Waals surface area (Å²) < 4.78 is 15.1. The van der Waals surface area contributed by atoms with Crippen LogP contribution in [0.1, 0.15) is 10.4 Å². The van der Waals surface area contributed by atoms with Gasteiger partial charge in [0.25, 0.3) is 11.5 Å². The number of carbonyl (C=O) groups excluding carboxylic acids is 1. The van der Waals surface area contributed by atoms with Crippen LogP contribution in [-0.2, 0) is 0 Å². The van der Waals surface area contributed by atoms with Crippen molar-refractivity contribution in [2.24, 2.45) is 0 Å². The number of para-hydroxylation sites is 2. The van der Waals surface area contributed by atoms with Gasteiger partial charge in [0, 0.05) is 4.47 Å². The van der Waals surface area contributed by atoms with Crippen molar-refractivity contribution >= 4 is 38.6 Å². The molecule has 134 valence electrons. The molecular weight excluding hydrogens is 417 g/mol. The first kappa shape index (κ1) is 17.1. The highest BCUT2D eigenvalue weighted by Gasteiger charge is 2.16. The Labute approximate surface area is 160 Å². The molecule has 2 aromatic heterocycles. The Morgan fingerprint density at radius 1 is 1.22 bits per heavy atom. The monoisotopic (exact) mass is 427 g/mol. The highest BCUT2D eigenvalue weighted by molar-refractivity contribution is 9.10. The van der Waals surface area contributed by atoms with Gasteiger partial charge in [-0.05, 0) is 46.3 Å². The van der Waals surface area contributed by atoms with Gasteiger partial charge in [-0.3, -0.25) is 9.59 Å². The first-order valence-corrected chi connectivity index (χ1v) is 8.61. The second kappa shape index (κ2) is 6.76. The van der Waals surface area contributed by atoms with Crippen molar-refractivity contribution in [1.29, 1.82) is 0 Å². The zero-order valence-corrected chi connectivity index (χ0v) is 15.2. The lowest BCUT2D eigenvalue weighted by Crippen LogP contribution is -2.15. The number of benzene rings is 2. The molecule has 9 heteroatoms. The topological polar surface area (TPSA) is 92.7 Å². The Hall–Kier alpha value is -3.33. The minimum atomic E-state index is -0.446. The summed E-state index contributed by atoms with van der Waals surface area (Å²) in [7, 11) is 0. The van der Waals surface area contributed by atoms with E-state index in [2.05, 4.69) is 36.3 Å². The summed E-state index contributed by atoms with van der Waals surface area (Å²) in [5, 5.41) is 7.34. The summed E-state index contributed by atoms with van der Waals surface area (Å²) in [6, 6.07) is 10.8. The third kappa shape index (κ3) is 3.13. The number of H-pyrrole nitrogens is 1. The van der Waals surface area contributed by atoms with E-state index in [9.17, 15) is 14.0 Å². The maximum absolute atomic E-state index is 13.3. The first-order chi connectivity index (χ1) is 13.0. The van der Waals surface area contributed by atoms with E-state index in [1.54, 1.807) is 24.3 Å². The highest BCUT2D eigenvalue weighted by Crippen LogP contribution is 2.24. The molecule has 0 aliphatic carbocycles. The fourth-order valence-corrected chi connectivity index (χ4v) is 3.19. The molecule has 2 heterocycles. The summed E-state index contributed by atoms with van der Waals surface area (Å²) in [4.78, 5) is 31.2. The predicted octanol–water partition coefficient (Wildman–Crippen LogP) is 3.26. The Balaban J connectivity index is 1.76.